The van der Waals surface area contributed by atoms with Crippen LogP contribution in [-0.2, 0) is 6.54 Å². The van der Waals surface area contributed by atoms with Gasteiger partial charge in [-0.1, -0.05) is 23.4 Å². The van der Waals surface area contributed by atoms with E-state index in [0.29, 0.717) is 0 Å². The topological polar surface area (TPSA) is 69.4 Å². The van der Waals surface area contributed by atoms with Gasteiger partial charge in [0.05, 0.1) is 18.8 Å². The minimum absolute atomic E-state index is 0. The van der Waals surface area contributed by atoms with Crippen LogP contribution in [0.1, 0.15) is 30.1 Å². The number of rotatable bonds is 7. The molecule has 32 heavy (non-hydrogen) atoms. The number of aliphatic imine (C=N–C) groups is 1. The van der Waals surface area contributed by atoms with Crippen molar-refractivity contribution in [2.45, 2.75) is 25.4 Å². The first-order chi connectivity index (χ1) is 15.3. The molecule has 2 fully saturated rings. The molecular weight excluding hydrogens is 519 g/mol. The molecule has 0 saturated carbocycles. The molecule has 9 heteroatoms. The highest BCUT2D eigenvalue weighted by Crippen LogP contribution is 2.31. The average molecular weight is 554 g/mol. The van der Waals surface area contributed by atoms with Gasteiger partial charge in [0, 0.05) is 57.9 Å². The molecule has 3 heterocycles. The van der Waals surface area contributed by atoms with Gasteiger partial charge in [-0.2, -0.15) is 0 Å². The standard InChI is InChI=1S/C23H34N6O2.HI/c1-24-23(29-14-12-27(13-15-29)18-19-9-16-31-26-19)25-17-21(28-10-5-6-11-28)20-7-3-4-8-22(20)30-2;/h3-4,7-9,16,21H,5-6,10-15,17-18H2,1-2H3,(H,24,25);1H. The van der Waals surface area contributed by atoms with Crippen molar-refractivity contribution in [1.82, 2.24) is 25.2 Å². The molecule has 2 aliphatic rings. The lowest BCUT2D eigenvalue weighted by molar-refractivity contribution is 0.167. The smallest absolute Gasteiger partial charge is 0.193 e. The number of hydrogen-bond donors (Lipinski definition) is 1. The van der Waals surface area contributed by atoms with Crippen LogP contribution >= 0.6 is 24.0 Å². The Balaban J connectivity index is 0.00000289. The quantitative estimate of drug-likeness (QED) is 0.321. The Morgan fingerprint density at radius 2 is 1.88 bits per heavy atom. The Hall–Kier alpha value is -1.85. The van der Waals surface area contributed by atoms with Crippen LogP contribution in [0.5, 0.6) is 5.75 Å². The highest BCUT2D eigenvalue weighted by molar-refractivity contribution is 14.0. The number of guanidine groups is 1. The molecule has 2 aliphatic heterocycles. The van der Waals surface area contributed by atoms with E-state index in [0.717, 1.165) is 69.8 Å². The number of halogens is 1. The first-order valence-corrected chi connectivity index (χ1v) is 11.2. The van der Waals surface area contributed by atoms with E-state index in [9.17, 15) is 0 Å². The molecule has 0 spiro atoms. The molecule has 0 bridgehead atoms. The lowest BCUT2D eigenvalue weighted by Gasteiger charge is -2.37. The number of nitrogens with one attached hydrogen (secondary N) is 1. The second kappa shape index (κ2) is 12.4. The molecule has 0 radical (unpaired) electrons. The molecule has 8 nitrogen and oxygen atoms in total. The SMILES string of the molecule is CN=C(NCC(c1ccccc1OC)N1CCCC1)N1CCN(Cc2ccon2)CC1.I. The van der Waals surface area contributed by atoms with Crippen molar-refractivity contribution in [2.24, 2.45) is 4.99 Å². The van der Waals surface area contributed by atoms with Crippen LogP contribution in [0.15, 0.2) is 46.1 Å². The fraction of sp³-hybridized carbons (Fsp3) is 0.565. The molecule has 2 saturated heterocycles. The summed E-state index contributed by atoms with van der Waals surface area (Å²) in [4.78, 5) is 11.9. The van der Waals surface area contributed by atoms with Crippen molar-refractivity contribution >= 4 is 29.9 Å². The Morgan fingerprint density at radius 3 is 2.53 bits per heavy atom. The maximum absolute atomic E-state index is 5.68. The molecule has 1 N–H and O–H groups in total. The normalized spacial score (nSPS) is 18.9. The Morgan fingerprint density at radius 1 is 1.12 bits per heavy atom. The lowest BCUT2D eigenvalue weighted by Crippen LogP contribution is -2.53. The Kier molecular flexibility index (Phi) is 9.61. The van der Waals surface area contributed by atoms with Crippen LogP contribution < -0.4 is 10.1 Å². The summed E-state index contributed by atoms with van der Waals surface area (Å²) in [5, 5.41) is 7.69. The molecule has 4 rings (SSSR count). The summed E-state index contributed by atoms with van der Waals surface area (Å²) >= 11 is 0. The van der Waals surface area contributed by atoms with Gasteiger partial charge in [0.25, 0.3) is 0 Å². The average Bonchev–Trinajstić information content (AvgIpc) is 3.52. The largest absolute Gasteiger partial charge is 0.496 e. The lowest BCUT2D eigenvalue weighted by atomic mass is 10.0. The van der Waals surface area contributed by atoms with Crippen LogP contribution in [0.4, 0.5) is 0 Å². The van der Waals surface area contributed by atoms with E-state index in [-0.39, 0.29) is 30.0 Å². The highest BCUT2D eigenvalue weighted by atomic mass is 127. The fourth-order valence-corrected chi connectivity index (χ4v) is 4.62. The van der Waals surface area contributed by atoms with E-state index in [1.54, 1.807) is 13.4 Å². The van der Waals surface area contributed by atoms with Gasteiger partial charge in [-0.3, -0.25) is 14.8 Å². The predicted octanol–water partition coefficient (Wildman–Crippen LogP) is 2.83. The third-order valence-electron chi connectivity index (χ3n) is 6.29. The first-order valence-electron chi connectivity index (χ1n) is 11.2. The van der Waals surface area contributed by atoms with Gasteiger partial charge in [0.1, 0.15) is 12.0 Å². The fourth-order valence-electron chi connectivity index (χ4n) is 4.62. The van der Waals surface area contributed by atoms with E-state index in [2.05, 4.69) is 48.4 Å². The van der Waals surface area contributed by atoms with Crippen molar-refractivity contribution in [3.63, 3.8) is 0 Å². The molecule has 1 aromatic heterocycles. The molecule has 1 unspecified atom stereocenters. The van der Waals surface area contributed by atoms with Gasteiger partial charge in [-0.05, 0) is 32.0 Å². The van der Waals surface area contributed by atoms with Gasteiger partial charge >= 0.3 is 0 Å². The zero-order valence-corrected chi connectivity index (χ0v) is 21.4. The summed E-state index contributed by atoms with van der Waals surface area (Å²) in [6, 6.07) is 10.6. The van der Waals surface area contributed by atoms with Crippen LogP contribution in [0.2, 0.25) is 0 Å². The summed E-state index contributed by atoms with van der Waals surface area (Å²) in [7, 11) is 3.63. The zero-order chi connectivity index (χ0) is 21.5. The summed E-state index contributed by atoms with van der Waals surface area (Å²) in [6.07, 6.45) is 4.15. The van der Waals surface area contributed by atoms with Crippen molar-refractivity contribution in [1.29, 1.82) is 0 Å². The van der Waals surface area contributed by atoms with Crippen molar-refractivity contribution in [3.05, 3.63) is 47.9 Å². The van der Waals surface area contributed by atoms with E-state index >= 15 is 0 Å². The number of aromatic nitrogens is 1. The Bertz CT molecular complexity index is 833. The number of piperazine rings is 1. The van der Waals surface area contributed by atoms with Gasteiger partial charge in [-0.25, -0.2) is 0 Å². The predicted molar refractivity (Wildman–Crippen MR) is 137 cm³/mol. The minimum Gasteiger partial charge on any atom is -0.496 e. The van der Waals surface area contributed by atoms with Crippen LogP contribution in [0.25, 0.3) is 0 Å². The van der Waals surface area contributed by atoms with Crippen molar-refractivity contribution in [2.75, 3.05) is 60.0 Å². The monoisotopic (exact) mass is 554 g/mol. The number of benzene rings is 1. The third kappa shape index (κ3) is 6.14. The van der Waals surface area contributed by atoms with Gasteiger partial charge in [0.15, 0.2) is 5.96 Å². The molecule has 0 amide bonds. The molecule has 1 aromatic carbocycles. The number of likely N-dealkylation sites (tertiary alicyclic amines) is 1. The Labute approximate surface area is 208 Å². The van der Waals surface area contributed by atoms with E-state index < -0.39 is 0 Å². The molecule has 2 aromatic rings. The maximum Gasteiger partial charge on any atom is 0.193 e. The van der Waals surface area contributed by atoms with E-state index in [1.807, 2.05) is 19.2 Å². The summed E-state index contributed by atoms with van der Waals surface area (Å²) in [5.41, 5.74) is 2.23. The number of para-hydroxylation sites is 1. The van der Waals surface area contributed by atoms with Crippen LogP contribution in [0, 0.1) is 0 Å². The summed E-state index contributed by atoms with van der Waals surface area (Å²) in [5.74, 6) is 1.93. The molecule has 176 valence electrons. The second-order valence-electron chi connectivity index (χ2n) is 8.18. The minimum atomic E-state index is 0. The van der Waals surface area contributed by atoms with Gasteiger partial charge in [-0.15, -0.1) is 24.0 Å². The van der Waals surface area contributed by atoms with E-state index in [4.69, 9.17) is 9.26 Å². The third-order valence-corrected chi connectivity index (χ3v) is 6.29. The van der Waals surface area contributed by atoms with Crippen molar-refractivity contribution < 1.29 is 9.26 Å². The number of nitrogens with zero attached hydrogens (tertiary/aromatic N) is 5. The van der Waals surface area contributed by atoms with Crippen LogP contribution in [0.3, 0.4) is 0 Å². The van der Waals surface area contributed by atoms with Gasteiger partial charge < -0.3 is 19.5 Å². The first kappa shape index (κ1) is 24.8. The molecule has 1 atom stereocenters. The molecular formula is C23H35IN6O2. The molecule has 0 aliphatic carbocycles. The maximum atomic E-state index is 5.68. The summed E-state index contributed by atoms with van der Waals surface area (Å²) < 4.78 is 10.6. The van der Waals surface area contributed by atoms with Gasteiger partial charge in [0.2, 0.25) is 0 Å². The van der Waals surface area contributed by atoms with E-state index in [1.165, 1.54) is 18.4 Å². The number of ether oxygens (including phenoxy) is 1. The second-order valence-corrected chi connectivity index (χ2v) is 8.18. The highest BCUT2D eigenvalue weighted by Gasteiger charge is 2.27. The number of methoxy groups -OCH3 is 1. The summed E-state index contributed by atoms with van der Waals surface area (Å²) in [6.45, 7) is 7.76. The van der Waals surface area contributed by atoms with Crippen LogP contribution in [-0.4, -0.2) is 85.8 Å². The van der Waals surface area contributed by atoms with Crippen molar-refractivity contribution in [3.8, 4) is 5.75 Å². The number of hydrogen-bond acceptors (Lipinski definition) is 6. The zero-order valence-electron chi connectivity index (χ0n) is 19.1.